The maximum Gasteiger partial charge on any atom is 0.339 e. The minimum Gasteiger partial charge on any atom is -0.478 e. The summed E-state index contributed by atoms with van der Waals surface area (Å²) < 4.78 is 10.3. The molecule has 1 aromatic heterocycles. The normalized spacial score (nSPS) is 12.2. The second-order valence-corrected chi connectivity index (χ2v) is 4.14. The Hall–Kier alpha value is -1.82. The van der Waals surface area contributed by atoms with Gasteiger partial charge in [0.1, 0.15) is 11.3 Å². The van der Waals surface area contributed by atoms with E-state index in [1.807, 2.05) is 6.92 Å². The molecule has 19 heavy (non-hydrogen) atoms. The Balaban J connectivity index is 2.85. The average molecular weight is 269 g/mol. The third kappa shape index (κ3) is 3.82. The predicted octanol–water partition coefficient (Wildman–Crippen LogP) is 1.70. The zero-order chi connectivity index (χ0) is 14.4. The standard InChI is InChI=1S/C13H19NO5/c1-4-8(7-18-3)14-12(15)11-6-9(13(16)17)10(5-2)19-11/h6,8H,4-5,7H2,1-3H3,(H,14,15)(H,16,17). The van der Waals surface area contributed by atoms with Crippen molar-refractivity contribution < 1.29 is 23.8 Å². The summed E-state index contributed by atoms with van der Waals surface area (Å²) in [6.07, 6.45) is 1.14. The number of hydrogen-bond acceptors (Lipinski definition) is 4. The van der Waals surface area contributed by atoms with E-state index >= 15 is 0 Å². The smallest absolute Gasteiger partial charge is 0.339 e. The number of ether oxygens (including phenoxy) is 1. The lowest BCUT2D eigenvalue weighted by Crippen LogP contribution is -2.37. The molecule has 1 amide bonds. The monoisotopic (exact) mass is 269 g/mol. The van der Waals surface area contributed by atoms with Gasteiger partial charge in [0.25, 0.3) is 5.91 Å². The van der Waals surface area contributed by atoms with E-state index in [1.54, 1.807) is 14.0 Å². The van der Waals surface area contributed by atoms with E-state index in [1.165, 1.54) is 6.07 Å². The molecule has 6 nitrogen and oxygen atoms in total. The summed E-state index contributed by atoms with van der Waals surface area (Å²) in [7, 11) is 1.55. The molecule has 0 saturated heterocycles. The highest BCUT2D eigenvalue weighted by atomic mass is 16.5. The van der Waals surface area contributed by atoms with Crippen molar-refractivity contribution >= 4 is 11.9 Å². The van der Waals surface area contributed by atoms with E-state index in [-0.39, 0.29) is 17.4 Å². The molecule has 0 aliphatic heterocycles. The Morgan fingerprint density at radius 3 is 2.58 bits per heavy atom. The molecule has 0 saturated carbocycles. The minimum atomic E-state index is -1.09. The zero-order valence-corrected chi connectivity index (χ0v) is 11.4. The number of methoxy groups -OCH3 is 1. The molecule has 2 N–H and O–H groups in total. The molecular weight excluding hydrogens is 250 g/mol. The van der Waals surface area contributed by atoms with E-state index in [4.69, 9.17) is 14.3 Å². The van der Waals surface area contributed by atoms with Gasteiger partial charge in [-0.1, -0.05) is 13.8 Å². The van der Waals surface area contributed by atoms with Crippen LogP contribution in [0.4, 0.5) is 0 Å². The molecule has 0 spiro atoms. The molecule has 0 aliphatic carbocycles. The number of carbonyl (C=O) groups excluding carboxylic acids is 1. The van der Waals surface area contributed by atoms with Crippen LogP contribution in [0.5, 0.6) is 0 Å². The maximum atomic E-state index is 11.9. The van der Waals surface area contributed by atoms with Crippen LogP contribution in [0.2, 0.25) is 0 Å². The third-order valence-electron chi connectivity index (χ3n) is 2.78. The van der Waals surface area contributed by atoms with Crippen LogP contribution < -0.4 is 5.32 Å². The van der Waals surface area contributed by atoms with Gasteiger partial charge < -0.3 is 19.6 Å². The molecule has 0 bridgehead atoms. The molecule has 0 fully saturated rings. The van der Waals surface area contributed by atoms with Crippen LogP contribution >= 0.6 is 0 Å². The fraction of sp³-hybridized carbons (Fsp3) is 0.538. The Morgan fingerprint density at radius 1 is 1.47 bits per heavy atom. The second-order valence-electron chi connectivity index (χ2n) is 4.14. The van der Waals surface area contributed by atoms with Crippen molar-refractivity contribution in [1.82, 2.24) is 5.32 Å². The van der Waals surface area contributed by atoms with Gasteiger partial charge in [-0.15, -0.1) is 0 Å². The summed E-state index contributed by atoms with van der Waals surface area (Å²) in [5.41, 5.74) is 0.0347. The van der Waals surface area contributed by atoms with Crippen LogP contribution in [0.3, 0.4) is 0 Å². The molecule has 1 heterocycles. The molecule has 6 heteroatoms. The molecule has 1 unspecified atom stereocenters. The van der Waals surface area contributed by atoms with E-state index in [9.17, 15) is 9.59 Å². The van der Waals surface area contributed by atoms with Crippen molar-refractivity contribution in [1.29, 1.82) is 0 Å². The van der Waals surface area contributed by atoms with E-state index in [0.29, 0.717) is 25.2 Å². The molecule has 1 atom stereocenters. The molecule has 106 valence electrons. The van der Waals surface area contributed by atoms with Crippen LogP contribution in [-0.4, -0.2) is 36.7 Å². The number of carboxylic acid groups (broad SMARTS) is 1. The first kappa shape index (κ1) is 15.2. The lowest BCUT2D eigenvalue weighted by Gasteiger charge is -2.14. The number of aryl methyl sites for hydroxylation is 1. The van der Waals surface area contributed by atoms with Crippen LogP contribution in [0.15, 0.2) is 10.5 Å². The van der Waals surface area contributed by atoms with Crippen molar-refractivity contribution in [2.75, 3.05) is 13.7 Å². The summed E-state index contributed by atoms with van der Waals surface area (Å²) in [6, 6.07) is 1.14. The van der Waals surface area contributed by atoms with Crippen LogP contribution in [0.25, 0.3) is 0 Å². The Kier molecular flexibility index (Phi) is 5.57. The van der Waals surface area contributed by atoms with Crippen molar-refractivity contribution in [3.05, 3.63) is 23.2 Å². The lowest BCUT2D eigenvalue weighted by atomic mass is 10.2. The second kappa shape index (κ2) is 6.94. The van der Waals surface area contributed by atoms with Crippen molar-refractivity contribution in [2.24, 2.45) is 0 Å². The maximum absolute atomic E-state index is 11.9. The van der Waals surface area contributed by atoms with Gasteiger partial charge >= 0.3 is 5.97 Å². The highest BCUT2D eigenvalue weighted by Crippen LogP contribution is 2.16. The van der Waals surface area contributed by atoms with Crippen LogP contribution in [-0.2, 0) is 11.2 Å². The van der Waals surface area contributed by atoms with E-state index in [2.05, 4.69) is 5.32 Å². The highest BCUT2D eigenvalue weighted by Gasteiger charge is 2.21. The summed E-state index contributed by atoms with van der Waals surface area (Å²) in [4.78, 5) is 22.9. The van der Waals surface area contributed by atoms with Crippen molar-refractivity contribution in [3.8, 4) is 0 Å². The predicted molar refractivity (Wildman–Crippen MR) is 68.5 cm³/mol. The fourth-order valence-electron chi connectivity index (χ4n) is 1.70. The average Bonchev–Trinajstić information content (AvgIpc) is 2.82. The number of amides is 1. The molecule has 0 radical (unpaired) electrons. The first-order chi connectivity index (χ1) is 9.03. The van der Waals surface area contributed by atoms with Gasteiger partial charge in [0, 0.05) is 19.6 Å². The van der Waals surface area contributed by atoms with E-state index < -0.39 is 11.9 Å². The summed E-state index contributed by atoms with van der Waals surface area (Å²) in [6.45, 7) is 4.09. The van der Waals surface area contributed by atoms with Gasteiger partial charge in [0.05, 0.1) is 12.6 Å². The number of carboxylic acids is 1. The molecule has 0 aliphatic rings. The summed E-state index contributed by atoms with van der Waals surface area (Å²) >= 11 is 0. The van der Waals surface area contributed by atoms with Crippen molar-refractivity contribution in [3.63, 3.8) is 0 Å². The fourth-order valence-corrected chi connectivity index (χ4v) is 1.70. The summed E-state index contributed by atoms with van der Waals surface area (Å²) in [5, 5.41) is 11.7. The van der Waals surface area contributed by atoms with Crippen molar-refractivity contribution in [2.45, 2.75) is 32.7 Å². The van der Waals surface area contributed by atoms with Gasteiger partial charge in [-0.3, -0.25) is 4.79 Å². The first-order valence-corrected chi connectivity index (χ1v) is 6.19. The zero-order valence-electron chi connectivity index (χ0n) is 11.4. The SMILES string of the molecule is CCc1oc(C(=O)NC(CC)COC)cc1C(=O)O. The first-order valence-electron chi connectivity index (χ1n) is 6.19. The highest BCUT2D eigenvalue weighted by molar-refractivity contribution is 5.96. The topological polar surface area (TPSA) is 88.8 Å². The number of furan rings is 1. The largest absolute Gasteiger partial charge is 0.478 e. The van der Waals surface area contributed by atoms with E-state index in [0.717, 1.165) is 0 Å². The third-order valence-corrected chi connectivity index (χ3v) is 2.78. The summed E-state index contributed by atoms with van der Waals surface area (Å²) in [5.74, 6) is -1.20. The van der Waals surface area contributed by atoms with Gasteiger partial charge in [0.15, 0.2) is 5.76 Å². The van der Waals surface area contributed by atoms with Gasteiger partial charge in [-0.05, 0) is 6.42 Å². The van der Waals surface area contributed by atoms with Gasteiger partial charge in [0.2, 0.25) is 0 Å². The molecular formula is C13H19NO5. The molecule has 0 aromatic carbocycles. The quantitative estimate of drug-likeness (QED) is 0.786. The Bertz CT molecular complexity index is 452. The minimum absolute atomic E-state index is 0.0174. The number of carbonyl (C=O) groups is 2. The molecule has 1 rings (SSSR count). The number of aromatic carboxylic acids is 1. The Labute approximate surface area is 111 Å². The number of nitrogens with one attached hydrogen (secondary N) is 1. The van der Waals surface area contributed by atoms with Crippen LogP contribution in [0, 0.1) is 0 Å². The number of hydrogen-bond donors (Lipinski definition) is 2. The van der Waals surface area contributed by atoms with Crippen LogP contribution in [0.1, 0.15) is 46.9 Å². The van der Waals surface area contributed by atoms with Gasteiger partial charge in [-0.25, -0.2) is 4.79 Å². The van der Waals surface area contributed by atoms with Gasteiger partial charge in [-0.2, -0.15) is 0 Å². The molecule has 1 aromatic rings. The lowest BCUT2D eigenvalue weighted by molar-refractivity contribution is 0.0694. The Morgan fingerprint density at radius 2 is 2.16 bits per heavy atom. The number of rotatable bonds is 7.